The Labute approximate surface area is 409 Å². The molecule has 0 unspecified atom stereocenters. The zero-order valence-electron chi connectivity index (χ0n) is 42.5. The maximum absolute atomic E-state index is 15.6. The number of hydrogen-bond acceptors (Lipinski definition) is 8. The van der Waals surface area contributed by atoms with Crippen molar-refractivity contribution in [1.82, 2.24) is 14.9 Å². The van der Waals surface area contributed by atoms with Gasteiger partial charge in [-0.1, -0.05) is 91.0 Å². The molecule has 2 aromatic carbocycles. The number of nitro groups is 1. The fourth-order valence-corrected chi connectivity index (χ4v) is 17.5. The lowest BCUT2D eigenvalue weighted by Crippen LogP contribution is -2.67. The van der Waals surface area contributed by atoms with Gasteiger partial charge in [-0.25, -0.2) is 4.98 Å². The van der Waals surface area contributed by atoms with Crippen LogP contribution in [-0.2, 0) is 30.5 Å². The summed E-state index contributed by atoms with van der Waals surface area (Å²) in [5.41, 5.74) is 2.90. The number of ether oxygens (including phenoxy) is 2. The highest BCUT2D eigenvalue weighted by molar-refractivity contribution is 5.85. The lowest BCUT2D eigenvalue weighted by Gasteiger charge is -2.73. The Kier molecular flexibility index (Phi) is 11.7. The summed E-state index contributed by atoms with van der Waals surface area (Å²) in [6.45, 7) is 24.4. The molecule has 13 atom stereocenters. The second kappa shape index (κ2) is 16.9. The molecule has 10 rings (SSSR count). The number of nitro benzene ring substituents is 1. The van der Waals surface area contributed by atoms with Gasteiger partial charge in [0.05, 0.1) is 40.1 Å². The van der Waals surface area contributed by atoms with Crippen molar-refractivity contribution in [3.8, 4) is 11.3 Å². The fraction of sp³-hybridized carbons (Fsp3) is 0.655. The Morgan fingerprint density at radius 1 is 0.812 bits per heavy atom. The molecule has 0 bridgehead atoms. The van der Waals surface area contributed by atoms with Gasteiger partial charge < -0.3 is 19.4 Å². The molecule has 0 radical (unpaired) electrons. The topological polar surface area (TPSA) is 145 Å². The highest BCUT2D eigenvalue weighted by Gasteiger charge is 2.73. The molecule has 1 aliphatic heterocycles. The number of aromatic amines is 1. The number of allylic oxidation sites excluding steroid dienone is 1. The van der Waals surface area contributed by atoms with Crippen LogP contribution in [0, 0.1) is 84.0 Å². The standard InChI is InChI=1S/C58H76N4O7/c1-35(2)39-23-28-58(52(65)61-31-13-16-44(61)49-59-33-43(60-49)37-17-19-38(20-18-37)62(66)67)30-29-56(8)40(48(39)58)21-22-46-55(7)26-25-47(54(5,6)45(55)24-27-57(46,56)9)69-51(64)42-32-41(53(42,3)4)50(63)68-34-36-14-11-10-12-15-36/h10-12,14-15,17-20,33,39-42,44-48H,1,13,16,21-32,34H2,2-9H3,(H,59,60)/t39-,40+,41-,42+,44-,45-,46+,47-,48+,55-,56+,57+,58-/m0/s1. The van der Waals surface area contributed by atoms with E-state index < -0.39 is 10.8 Å². The van der Waals surface area contributed by atoms with Gasteiger partial charge in [0.1, 0.15) is 18.5 Å². The second-order valence-electron chi connectivity index (χ2n) is 25.0. The van der Waals surface area contributed by atoms with Crippen molar-refractivity contribution >= 4 is 23.5 Å². The van der Waals surface area contributed by atoms with Gasteiger partial charge in [-0.2, -0.15) is 0 Å². The molecule has 3 aromatic rings. The number of nitrogens with one attached hydrogen (secondary N) is 1. The number of esters is 2. The molecule has 0 spiro atoms. The number of carbonyl (C=O) groups is 3. The van der Waals surface area contributed by atoms with Crippen LogP contribution in [0.15, 0.2) is 72.9 Å². The summed E-state index contributed by atoms with van der Waals surface area (Å²) in [6.07, 6.45) is 14.1. The van der Waals surface area contributed by atoms with Crippen LogP contribution in [0.2, 0.25) is 0 Å². The molecule has 11 heteroatoms. The summed E-state index contributed by atoms with van der Waals surface area (Å²) in [4.78, 5) is 64.5. The Morgan fingerprint density at radius 2 is 1.54 bits per heavy atom. The molecule has 1 N–H and O–H groups in total. The molecule has 11 nitrogen and oxygen atoms in total. The second-order valence-corrected chi connectivity index (χ2v) is 25.0. The van der Waals surface area contributed by atoms with Crippen molar-refractivity contribution in [3.05, 3.63) is 94.4 Å². The first-order valence-electron chi connectivity index (χ1n) is 26.3. The number of fused-ring (bicyclic) bond motifs is 7. The SMILES string of the molecule is C=C(C)[C@@H]1CC[C@]2(C(=O)N3CCC[C@H]3c3ncc(-c4ccc([N+](=O)[O-])cc4)[nH]3)CC[C@]3(C)[C@H](CC[C@@H]4[C@@]5(C)CC[C@H](OC(=O)[C@H]6C[C@@H](C(=O)OCc7ccccc7)C6(C)C)C(C)(C)[C@@H]5CC[C@]43C)[C@@H]12. The summed E-state index contributed by atoms with van der Waals surface area (Å²) in [5, 5.41) is 11.3. The third-order valence-electron chi connectivity index (χ3n) is 21.6. The summed E-state index contributed by atoms with van der Waals surface area (Å²) in [5.74, 6) is 1.91. The number of carbonyl (C=O) groups excluding carboxylic acids is 3. The first kappa shape index (κ1) is 47.9. The van der Waals surface area contributed by atoms with Crippen molar-refractivity contribution < 1.29 is 28.8 Å². The van der Waals surface area contributed by atoms with Crippen LogP contribution in [0.4, 0.5) is 5.69 Å². The Bertz CT molecular complexity index is 2520. The number of rotatable bonds is 10. The third-order valence-corrected chi connectivity index (χ3v) is 21.6. The minimum absolute atomic E-state index is 0.0503. The number of hydrogen-bond donors (Lipinski definition) is 1. The number of likely N-dealkylation sites (tertiary alicyclic amines) is 1. The van der Waals surface area contributed by atoms with Crippen LogP contribution in [0.3, 0.4) is 0 Å². The van der Waals surface area contributed by atoms with Crippen LogP contribution in [0.5, 0.6) is 0 Å². The van der Waals surface area contributed by atoms with Gasteiger partial charge >= 0.3 is 11.9 Å². The van der Waals surface area contributed by atoms with E-state index in [0.29, 0.717) is 36.0 Å². The van der Waals surface area contributed by atoms with Gasteiger partial charge in [-0.15, -0.1) is 0 Å². The first-order chi connectivity index (χ1) is 32.7. The van der Waals surface area contributed by atoms with Crippen molar-refractivity contribution in [2.45, 2.75) is 158 Å². The van der Waals surface area contributed by atoms with E-state index in [2.05, 4.69) is 58.0 Å². The predicted octanol–water partition coefficient (Wildman–Crippen LogP) is 12.6. The van der Waals surface area contributed by atoms with E-state index in [1.54, 1.807) is 18.3 Å². The smallest absolute Gasteiger partial charge is 0.309 e. The largest absolute Gasteiger partial charge is 0.462 e. The lowest BCUT2D eigenvalue weighted by molar-refractivity contribution is -0.384. The van der Waals surface area contributed by atoms with Gasteiger partial charge in [0.15, 0.2) is 0 Å². The quantitative estimate of drug-likeness (QED) is 0.0915. The zero-order chi connectivity index (χ0) is 49.1. The van der Waals surface area contributed by atoms with Gasteiger partial charge in [0.25, 0.3) is 5.69 Å². The molecule has 7 fully saturated rings. The molecular formula is C58H76N4O7. The summed E-state index contributed by atoms with van der Waals surface area (Å²) in [7, 11) is 0. The van der Waals surface area contributed by atoms with E-state index >= 15 is 4.79 Å². The van der Waals surface area contributed by atoms with E-state index in [-0.39, 0.29) is 80.7 Å². The number of benzene rings is 2. The number of aromatic nitrogens is 2. The normalized spacial score (nSPS) is 38.3. The molecule has 2 heterocycles. The van der Waals surface area contributed by atoms with E-state index in [9.17, 15) is 19.7 Å². The van der Waals surface area contributed by atoms with Crippen molar-refractivity contribution in [2.24, 2.45) is 73.9 Å². The number of H-pyrrole nitrogens is 1. The molecule has 6 aliphatic carbocycles. The number of imidazole rings is 1. The van der Waals surface area contributed by atoms with Gasteiger partial charge in [-0.3, -0.25) is 24.5 Å². The molecule has 1 amide bonds. The molecule has 370 valence electrons. The van der Waals surface area contributed by atoms with Crippen LogP contribution in [-0.4, -0.2) is 50.3 Å². The Hall–Kier alpha value is -4.80. The first-order valence-corrected chi connectivity index (χ1v) is 26.3. The summed E-state index contributed by atoms with van der Waals surface area (Å²) >= 11 is 0. The average molecular weight is 941 g/mol. The monoisotopic (exact) mass is 941 g/mol. The third kappa shape index (κ3) is 7.29. The molecule has 1 aromatic heterocycles. The van der Waals surface area contributed by atoms with Crippen LogP contribution in [0.25, 0.3) is 11.3 Å². The van der Waals surface area contributed by atoms with Gasteiger partial charge in [-0.05, 0) is 159 Å². The predicted molar refractivity (Wildman–Crippen MR) is 265 cm³/mol. The minimum Gasteiger partial charge on any atom is -0.462 e. The number of nitrogens with zero attached hydrogens (tertiary/aromatic N) is 3. The average Bonchev–Trinajstić information content (AvgIpc) is 4.09. The van der Waals surface area contributed by atoms with Gasteiger partial charge in [0.2, 0.25) is 5.91 Å². The van der Waals surface area contributed by atoms with Crippen LogP contribution < -0.4 is 0 Å². The molecule has 6 saturated carbocycles. The maximum atomic E-state index is 15.6. The van der Waals surface area contributed by atoms with E-state index in [0.717, 1.165) is 106 Å². The lowest BCUT2D eigenvalue weighted by atomic mass is 9.32. The summed E-state index contributed by atoms with van der Waals surface area (Å²) < 4.78 is 12.4. The summed E-state index contributed by atoms with van der Waals surface area (Å²) in [6, 6.07) is 16.1. The zero-order valence-corrected chi connectivity index (χ0v) is 42.5. The number of amides is 1. The molecule has 1 saturated heterocycles. The van der Waals surface area contributed by atoms with Crippen LogP contribution >= 0.6 is 0 Å². The molecular weight excluding hydrogens is 865 g/mol. The fourth-order valence-electron chi connectivity index (χ4n) is 17.5. The Morgan fingerprint density at radius 3 is 2.23 bits per heavy atom. The van der Waals surface area contributed by atoms with Crippen LogP contribution in [0.1, 0.15) is 156 Å². The van der Waals surface area contributed by atoms with E-state index in [1.165, 1.54) is 17.7 Å². The van der Waals surface area contributed by atoms with Crippen molar-refractivity contribution in [3.63, 3.8) is 0 Å². The molecule has 7 aliphatic rings. The van der Waals surface area contributed by atoms with E-state index in [4.69, 9.17) is 14.5 Å². The van der Waals surface area contributed by atoms with Gasteiger partial charge in [0, 0.05) is 29.7 Å². The van der Waals surface area contributed by atoms with E-state index in [1.807, 2.05) is 44.2 Å². The number of non-ortho nitro benzene ring substituents is 1. The Balaban J connectivity index is 0.845. The highest BCUT2D eigenvalue weighted by Crippen LogP contribution is 2.78. The molecule has 69 heavy (non-hydrogen) atoms. The highest BCUT2D eigenvalue weighted by atomic mass is 16.6. The minimum atomic E-state index is -0.540. The van der Waals surface area contributed by atoms with Crippen molar-refractivity contribution in [1.29, 1.82) is 0 Å². The van der Waals surface area contributed by atoms with Crippen molar-refractivity contribution in [2.75, 3.05) is 6.54 Å². The maximum Gasteiger partial charge on any atom is 0.309 e.